The molecule has 0 amide bonds. The molecule has 0 bridgehead atoms. The average molecular weight is 296 g/mol. The van der Waals surface area contributed by atoms with Gasteiger partial charge in [0.05, 0.1) is 17.8 Å². The van der Waals surface area contributed by atoms with Crippen molar-refractivity contribution in [1.82, 2.24) is 4.98 Å². The summed E-state index contributed by atoms with van der Waals surface area (Å²) in [6, 6.07) is 0.314. The largest absolute Gasteiger partial charge is 0.481 e. The molecule has 20 heavy (non-hydrogen) atoms. The number of nitrogens with zero attached hydrogens (tertiary/aromatic N) is 1. The molecule has 2 aliphatic rings. The molecule has 2 N–H and O–H groups in total. The normalized spacial score (nSPS) is 26.7. The lowest BCUT2D eigenvalue weighted by molar-refractivity contribution is -0.142. The second kappa shape index (κ2) is 5.00. The van der Waals surface area contributed by atoms with Gasteiger partial charge in [-0.05, 0) is 39.0 Å². The molecule has 2 atom stereocenters. The van der Waals surface area contributed by atoms with Crippen molar-refractivity contribution in [3.63, 3.8) is 0 Å². The first kappa shape index (κ1) is 13.8. The minimum Gasteiger partial charge on any atom is -0.481 e. The molecule has 0 spiro atoms. The Balaban J connectivity index is 1.69. The van der Waals surface area contributed by atoms with Crippen molar-refractivity contribution in [2.45, 2.75) is 50.7 Å². The summed E-state index contributed by atoms with van der Waals surface area (Å²) in [6.07, 6.45) is 3.82. The Kier molecular flexibility index (Phi) is 3.46. The van der Waals surface area contributed by atoms with Crippen molar-refractivity contribution in [3.05, 3.63) is 11.1 Å². The number of nitrogens with one attached hydrogen (secondary N) is 1. The molecular weight excluding hydrogens is 276 g/mol. The second-order valence-electron chi connectivity index (χ2n) is 6.18. The van der Waals surface area contributed by atoms with Crippen LogP contribution in [0.5, 0.6) is 0 Å². The van der Waals surface area contributed by atoms with E-state index in [0.717, 1.165) is 18.2 Å². The first-order valence-corrected chi connectivity index (χ1v) is 7.94. The first-order chi connectivity index (χ1) is 9.48. The Morgan fingerprint density at radius 2 is 2.25 bits per heavy atom. The van der Waals surface area contributed by atoms with Gasteiger partial charge in [0.15, 0.2) is 5.13 Å². The van der Waals surface area contributed by atoms with E-state index in [0.29, 0.717) is 23.8 Å². The van der Waals surface area contributed by atoms with E-state index in [4.69, 9.17) is 4.74 Å². The maximum absolute atomic E-state index is 11.2. The molecule has 1 saturated heterocycles. The van der Waals surface area contributed by atoms with Gasteiger partial charge in [-0.25, -0.2) is 4.98 Å². The van der Waals surface area contributed by atoms with Crippen LogP contribution in [0, 0.1) is 5.92 Å². The topological polar surface area (TPSA) is 71.5 Å². The molecule has 1 aromatic rings. The number of rotatable bonds is 5. The number of hydrogen-bond acceptors (Lipinski definition) is 5. The minimum absolute atomic E-state index is 0.301. The van der Waals surface area contributed by atoms with Crippen LogP contribution in [0.1, 0.15) is 38.8 Å². The van der Waals surface area contributed by atoms with Crippen molar-refractivity contribution >= 4 is 22.4 Å². The molecule has 5 nitrogen and oxygen atoms in total. The summed E-state index contributed by atoms with van der Waals surface area (Å²) in [5.41, 5.74) is -0.335. The molecule has 2 heterocycles. The molecule has 2 unspecified atom stereocenters. The van der Waals surface area contributed by atoms with Gasteiger partial charge in [-0.2, -0.15) is 0 Å². The van der Waals surface area contributed by atoms with Gasteiger partial charge in [-0.3, -0.25) is 4.79 Å². The average Bonchev–Trinajstić information content (AvgIpc) is 2.95. The van der Waals surface area contributed by atoms with Crippen molar-refractivity contribution < 1.29 is 14.6 Å². The summed E-state index contributed by atoms with van der Waals surface area (Å²) < 4.78 is 5.79. The Morgan fingerprint density at radius 3 is 2.90 bits per heavy atom. The minimum atomic E-state index is -0.946. The zero-order valence-corrected chi connectivity index (χ0v) is 12.6. The molecule has 6 heteroatoms. The highest BCUT2D eigenvalue weighted by molar-refractivity contribution is 7.13. The lowest BCUT2D eigenvalue weighted by Gasteiger charge is -2.19. The van der Waals surface area contributed by atoms with E-state index >= 15 is 0 Å². The van der Waals surface area contributed by atoms with Crippen molar-refractivity contribution in [2.24, 2.45) is 5.92 Å². The highest BCUT2D eigenvalue weighted by atomic mass is 32.1. The van der Waals surface area contributed by atoms with E-state index < -0.39 is 11.4 Å². The molecular formula is C14H20N2O3S. The van der Waals surface area contributed by atoms with E-state index in [1.54, 1.807) is 13.8 Å². The number of thiazole rings is 1. The second-order valence-corrected chi connectivity index (χ2v) is 7.04. The molecule has 1 aliphatic heterocycles. The lowest BCUT2D eigenvalue weighted by atomic mass is 9.90. The number of carboxylic acid groups (broad SMARTS) is 1. The van der Waals surface area contributed by atoms with E-state index in [1.807, 2.05) is 5.38 Å². The first-order valence-electron chi connectivity index (χ1n) is 7.06. The van der Waals surface area contributed by atoms with E-state index in [1.165, 1.54) is 24.2 Å². The number of anilines is 1. The zero-order valence-electron chi connectivity index (χ0n) is 11.8. The standard InChI is InChI=1S/C14H20N2O3S/c1-14(2,12(17)18)10-7-20-13(16-10)15-9-5-6-19-11(9)8-3-4-8/h7-9,11H,3-6H2,1-2H3,(H,15,16)(H,17,18). The molecule has 2 fully saturated rings. The van der Waals surface area contributed by atoms with Crippen LogP contribution in [0.25, 0.3) is 0 Å². The van der Waals surface area contributed by atoms with Crippen LogP contribution in [0.4, 0.5) is 5.13 Å². The lowest BCUT2D eigenvalue weighted by Crippen LogP contribution is -2.31. The Bertz CT molecular complexity index is 510. The molecule has 1 aromatic heterocycles. The third-order valence-electron chi connectivity index (χ3n) is 4.21. The maximum Gasteiger partial charge on any atom is 0.315 e. The quantitative estimate of drug-likeness (QED) is 0.873. The van der Waals surface area contributed by atoms with E-state index in [-0.39, 0.29) is 0 Å². The number of aliphatic carboxylic acids is 1. The fourth-order valence-corrected chi connectivity index (χ4v) is 3.49. The van der Waals surface area contributed by atoms with Gasteiger partial charge in [0.2, 0.25) is 0 Å². The van der Waals surface area contributed by atoms with Gasteiger partial charge < -0.3 is 15.2 Å². The fraction of sp³-hybridized carbons (Fsp3) is 0.714. The Labute approximate surface area is 122 Å². The van der Waals surface area contributed by atoms with Gasteiger partial charge in [-0.15, -0.1) is 11.3 Å². The Morgan fingerprint density at radius 1 is 1.50 bits per heavy atom. The third-order valence-corrected chi connectivity index (χ3v) is 4.98. The van der Waals surface area contributed by atoms with Gasteiger partial charge in [0.25, 0.3) is 0 Å². The number of carboxylic acids is 1. The van der Waals surface area contributed by atoms with Crippen molar-refractivity contribution in [2.75, 3.05) is 11.9 Å². The summed E-state index contributed by atoms with van der Waals surface area (Å²) >= 11 is 1.47. The summed E-state index contributed by atoms with van der Waals surface area (Å²) in [7, 11) is 0. The number of aromatic nitrogens is 1. The predicted octanol–water partition coefficient (Wildman–Crippen LogP) is 2.48. The van der Waals surface area contributed by atoms with Crippen LogP contribution in [0.3, 0.4) is 0 Å². The van der Waals surface area contributed by atoms with Crippen LogP contribution < -0.4 is 5.32 Å². The number of ether oxygens (including phenoxy) is 1. The summed E-state index contributed by atoms with van der Waals surface area (Å²) in [6.45, 7) is 4.16. The molecule has 110 valence electrons. The molecule has 0 aromatic carbocycles. The predicted molar refractivity (Wildman–Crippen MR) is 77.3 cm³/mol. The summed E-state index contributed by atoms with van der Waals surface area (Å²) in [4.78, 5) is 15.7. The van der Waals surface area contributed by atoms with Gasteiger partial charge >= 0.3 is 5.97 Å². The number of hydrogen-bond donors (Lipinski definition) is 2. The Hall–Kier alpha value is -1.14. The third kappa shape index (κ3) is 2.54. The highest BCUT2D eigenvalue weighted by Crippen LogP contribution is 2.40. The monoisotopic (exact) mass is 296 g/mol. The van der Waals surface area contributed by atoms with E-state index in [9.17, 15) is 9.90 Å². The van der Waals surface area contributed by atoms with Crippen LogP contribution in [0.2, 0.25) is 0 Å². The van der Waals surface area contributed by atoms with Gasteiger partial charge in [0.1, 0.15) is 5.41 Å². The SMILES string of the molecule is CC(C)(C(=O)O)c1csc(NC2CCOC2C2CC2)n1. The van der Waals surface area contributed by atoms with Crippen molar-refractivity contribution in [3.8, 4) is 0 Å². The van der Waals surface area contributed by atoms with Crippen LogP contribution in [0.15, 0.2) is 5.38 Å². The molecule has 0 radical (unpaired) electrons. The summed E-state index contributed by atoms with van der Waals surface area (Å²) in [5.74, 6) is -0.153. The van der Waals surface area contributed by atoms with Gasteiger partial charge in [-0.1, -0.05) is 0 Å². The maximum atomic E-state index is 11.2. The van der Waals surface area contributed by atoms with Crippen molar-refractivity contribution in [1.29, 1.82) is 0 Å². The molecule has 3 rings (SSSR count). The van der Waals surface area contributed by atoms with Gasteiger partial charge in [0, 0.05) is 12.0 Å². The molecule has 1 aliphatic carbocycles. The zero-order chi connectivity index (χ0) is 14.3. The summed E-state index contributed by atoms with van der Waals surface area (Å²) in [5, 5.41) is 15.3. The molecule has 1 saturated carbocycles. The fourth-order valence-electron chi connectivity index (χ4n) is 2.55. The van der Waals surface area contributed by atoms with E-state index in [2.05, 4.69) is 10.3 Å². The van der Waals surface area contributed by atoms with Crippen LogP contribution >= 0.6 is 11.3 Å². The van der Waals surface area contributed by atoms with Crippen LogP contribution in [-0.4, -0.2) is 34.8 Å². The highest BCUT2D eigenvalue weighted by Gasteiger charge is 2.41. The van der Waals surface area contributed by atoms with Crippen LogP contribution in [-0.2, 0) is 14.9 Å². The number of carbonyl (C=O) groups is 1. The smallest absolute Gasteiger partial charge is 0.315 e.